The lowest BCUT2D eigenvalue weighted by Gasteiger charge is -2.06. The van der Waals surface area contributed by atoms with E-state index in [4.69, 9.17) is 4.98 Å². The quantitative estimate of drug-likeness (QED) is 0.844. The Kier molecular flexibility index (Phi) is 3.64. The molecule has 0 bridgehead atoms. The number of hydrogen-bond donors (Lipinski definition) is 1. The largest absolute Gasteiger partial charge is 0.335 e. The summed E-state index contributed by atoms with van der Waals surface area (Å²) in [4.78, 5) is 4.85. The Hall–Kier alpha value is -0.830. The first-order chi connectivity index (χ1) is 7.74. The monoisotopic (exact) mass is 221 g/mol. The normalized spacial score (nSPS) is 17.2. The standard InChI is InChI=1S/C13H23N3/c1-10-13(11-6-4-5-7-11)15-12(16(10)3)8-9-14-2/h11,14H,4-9H2,1-3H3. The highest BCUT2D eigenvalue weighted by molar-refractivity contribution is 5.21. The van der Waals surface area contributed by atoms with Gasteiger partial charge in [-0.3, -0.25) is 0 Å². The minimum absolute atomic E-state index is 0.731. The Bertz CT molecular complexity index is 348. The van der Waals surface area contributed by atoms with Crippen LogP contribution in [0.15, 0.2) is 0 Å². The smallest absolute Gasteiger partial charge is 0.110 e. The number of nitrogens with zero attached hydrogens (tertiary/aromatic N) is 2. The summed E-state index contributed by atoms with van der Waals surface area (Å²) in [5.74, 6) is 1.96. The highest BCUT2D eigenvalue weighted by Crippen LogP contribution is 2.35. The molecule has 1 aliphatic carbocycles. The summed E-state index contributed by atoms with van der Waals surface area (Å²) in [6.45, 7) is 3.22. The summed E-state index contributed by atoms with van der Waals surface area (Å²) in [5.41, 5.74) is 2.74. The number of rotatable bonds is 4. The fourth-order valence-electron chi connectivity index (χ4n) is 2.71. The zero-order valence-corrected chi connectivity index (χ0v) is 10.7. The van der Waals surface area contributed by atoms with Crippen LogP contribution in [0.5, 0.6) is 0 Å². The third kappa shape index (κ3) is 2.14. The van der Waals surface area contributed by atoms with E-state index in [1.165, 1.54) is 42.9 Å². The van der Waals surface area contributed by atoms with Gasteiger partial charge in [-0.15, -0.1) is 0 Å². The van der Waals surface area contributed by atoms with Gasteiger partial charge in [-0.05, 0) is 26.8 Å². The predicted octanol–water partition coefficient (Wildman–Crippen LogP) is 2.15. The van der Waals surface area contributed by atoms with E-state index in [1.54, 1.807) is 0 Å². The number of likely N-dealkylation sites (N-methyl/N-ethyl adjacent to an activating group) is 1. The molecule has 0 radical (unpaired) electrons. The molecule has 0 aliphatic heterocycles. The van der Waals surface area contributed by atoms with Crippen molar-refractivity contribution in [3.8, 4) is 0 Å². The molecule has 3 nitrogen and oxygen atoms in total. The molecule has 2 rings (SSSR count). The van der Waals surface area contributed by atoms with E-state index in [1.807, 2.05) is 7.05 Å². The molecular weight excluding hydrogens is 198 g/mol. The van der Waals surface area contributed by atoms with Crippen molar-refractivity contribution in [1.29, 1.82) is 0 Å². The zero-order valence-electron chi connectivity index (χ0n) is 10.7. The van der Waals surface area contributed by atoms with Gasteiger partial charge < -0.3 is 9.88 Å². The molecule has 1 fully saturated rings. The number of aromatic nitrogens is 2. The van der Waals surface area contributed by atoms with Gasteiger partial charge in [0.25, 0.3) is 0 Å². The maximum atomic E-state index is 4.85. The van der Waals surface area contributed by atoms with Crippen molar-refractivity contribution in [2.75, 3.05) is 13.6 Å². The molecule has 0 atom stereocenters. The predicted molar refractivity (Wildman–Crippen MR) is 66.8 cm³/mol. The lowest BCUT2D eigenvalue weighted by atomic mass is 10.0. The molecular formula is C13H23N3. The van der Waals surface area contributed by atoms with Crippen molar-refractivity contribution in [2.24, 2.45) is 7.05 Å². The van der Waals surface area contributed by atoms with Crippen LogP contribution in [0.25, 0.3) is 0 Å². The fourth-order valence-corrected chi connectivity index (χ4v) is 2.71. The van der Waals surface area contributed by atoms with E-state index in [0.717, 1.165) is 18.9 Å². The van der Waals surface area contributed by atoms with Crippen molar-refractivity contribution in [3.63, 3.8) is 0 Å². The first kappa shape index (κ1) is 11.6. The van der Waals surface area contributed by atoms with Crippen molar-refractivity contribution >= 4 is 0 Å². The number of nitrogens with one attached hydrogen (secondary N) is 1. The molecule has 1 saturated carbocycles. The Balaban J connectivity index is 2.18. The SMILES string of the molecule is CNCCc1nc(C2CCCC2)c(C)n1C. The molecule has 1 aliphatic rings. The van der Waals surface area contributed by atoms with Gasteiger partial charge in [0.1, 0.15) is 5.82 Å². The summed E-state index contributed by atoms with van der Waals surface area (Å²) >= 11 is 0. The Morgan fingerprint density at radius 1 is 1.38 bits per heavy atom. The van der Waals surface area contributed by atoms with Crippen LogP contribution >= 0.6 is 0 Å². The van der Waals surface area contributed by atoms with Crippen molar-refractivity contribution in [1.82, 2.24) is 14.9 Å². The van der Waals surface area contributed by atoms with Crippen LogP contribution in [-0.4, -0.2) is 23.1 Å². The summed E-state index contributed by atoms with van der Waals surface area (Å²) in [6.07, 6.45) is 6.46. The minimum Gasteiger partial charge on any atom is -0.335 e. The number of hydrogen-bond acceptors (Lipinski definition) is 2. The Morgan fingerprint density at radius 2 is 2.06 bits per heavy atom. The molecule has 1 heterocycles. The van der Waals surface area contributed by atoms with Crippen LogP contribution < -0.4 is 5.32 Å². The molecule has 0 spiro atoms. The molecule has 0 aromatic carbocycles. The lowest BCUT2D eigenvalue weighted by Crippen LogP contribution is -2.13. The van der Waals surface area contributed by atoms with E-state index < -0.39 is 0 Å². The second kappa shape index (κ2) is 5.00. The molecule has 0 amide bonds. The van der Waals surface area contributed by atoms with Crippen molar-refractivity contribution < 1.29 is 0 Å². The number of imidazole rings is 1. The van der Waals surface area contributed by atoms with Crippen LogP contribution in [0, 0.1) is 6.92 Å². The third-order valence-electron chi connectivity index (χ3n) is 3.85. The van der Waals surface area contributed by atoms with E-state index in [9.17, 15) is 0 Å². The fraction of sp³-hybridized carbons (Fsp3) is 0.769. The average molecular weight is 221 g/mol. The topological polar surface area (TPSA) is 29.9 Å². The van der Waals surface area contributed by atoms with E-state index >= 15 is 0 Å². The molecule has 3 heteroatoms. The van der Waals surface area contributed by atoms with Crippen LogP contribution in [0.4, 0.5) is 0 Å². The van der Waals surface area contributed by atoms with Gasteiger partial charge in [-0.25, -0.2) is 4.98 Å². The van der Waals surface area contributed by atoms with E-state index in [-0.39, 0.29) is 0 Å². The van der Waals surface area contributed by atoms with Gasteiger partial charge in [-0.1, -0.05) is 12.8 Å². The first-order valence-electron chi connectivity index (χ1n) is 6.40. The van der Waals surface area contributed by atoms with Crippen LogP contribution in [0.1, 0.15) is 48.8 Å². The minimum atomic E-state index is 0.731. The molecule has 16 heavy (non-hydrogen) atoms. The molecule has 90 valence electrons. The highest BCUT2D eigenvalue weighted by atomic mass is 15.1. The first-order valence-corrected chi connectivity index (χ1v) is 6.40. The average Bonchev–Trinajstić information content (AvgIpc) is 2.88. The second-order valence-corrected chi connectivity index (χ2v) is 4.89. The summed E-state index contributed by atoms with van der Waals surface area (Å²) in [7, 11) is 4.14. The second-order valence-electron chi connectivity index (χ2n) is 4.89. The zero-order chi connectivity index (χ0) is 11.5. The van der Waals surface area contributed by atoms with Gasteiger partial charge in [0.05, 0.1) is 5.69 Å². The van der Waals surface area contributed by atoms with E-state index in [2.05, 4.69) is 23.9 Å². The molecule has 0 saturated heterocycles. The van der Waals surface area contributed by atoms with Crippen LogP contribution in [0.3, 0.4) is 0 Å². The molecule has 1 aromatic rings. The maximum absolute atomic E-state index is 4.85. The Labute approximate surface area is 98.3 Å². The van der Waals surface area contributed by atoms with Gasteiger partial charge in [0, 0.05) is 31.6 Å². The van der Waals surface area contributed by atoms with Gasteiger partial charge in [0.2, 0.25) is 0 Å². The van der Waals surface area contributed by atoms with E-state index in [0.29, 0.717) is 0 Å². The Morgan fingerprint density at radius 3 is 2.69 bits per heavy atom. The maximum Gasteiger partial charge on any atom is 0.110 e. The van der Waals surface area contributed by atoms with Crippen molar-refractivity contribution in [2.45, 2.75) is 44.9 Å². The highest BCUT2D eigenvalue weighted by Gasteiger charge is 2.23. The lowest BCUT2D eigenvalue weighted by molar-refractivity contribution is 0.691. The molecule has 0 unspecified atom stereocenters. The molecule has 1 aromatic heterocycles. The third-order valence-corrected chi connectivity index (χ3v) is 3.85. The van der Waals surface area contributed by atoms with Gasteiger partial charge in [-0.2, -0.15) is 0 Å². The van der Waals surface area contributed by atoms with Gasteiger partial charge in [0.15, 0.2) is 0 Å². The summed E-state index contributed by atoms with van der Waals surface area (Å²) in [5, 5.41) is 3.19. The molecule has 1 N–H and O–H groups in total. The summed E-state index contributed by atoms with van der Waals surface area (Å²) in [6, 6.07) is 0. The van der Waals surface area contributed by atoms with Crippen molar-refractivity contribution in [3.05, 3.63) is 17.2 Å². The van der Waals surface area contributed by atoms with Gasteiger partial charge >= 0.3 is 0 Å². The van der Waals surface area contributed by atoms with Crippen LogP contribution in [0.2, 0.25) is 0 Å². The summed E-state index contributed by atoms with van der Waals surface area (Å²) < 4.78 is 2.27. The van der Waals surface area contributed by atoms with Crippen LogP contribution in [-0.2, 0) is 13.5 Å².